The Morgan fingerprint density at radius 3 is 2.43 bits per heavy atom. The molecule has 0 fully saturated rings. The predicted molar refractivity (Wildman–Crippen MR) is 90.1 cm³/mol. The third-order valence-electron chi connectivity index (χ3n) is 3.33. The van der Waals surface area contributed by atoms with Crippen LogP contribution in [-0.2, 0) is 6.54 Å². The highest BCUT2D eigenvalue weighted by molar-refractivity contribution is 5.92. The Morgan fingerprint density at radius 1 is 1.09 bits per heavy atom. The molecule has 2 aromatic rings. The molecule has 0 aliphatic carbocycles. The standard InChI is InChI=1S/C17H23N5O/c1-3-11-22(12-4-2)17(23)15-8-9-16(21-20-15)19-13-14-7-5-6-10-18-14/h5-10H,3-4,11-13H2,1-2H3,(H,19,21). The molecule has 0 saturated heterocycles. The van der Waals surface area contributed by atoms with Crippen LogP contribution in [0.4, 0.5) is 5.82 Å². The van der Waals surface area contributed by atoms with Crippen molar-refractivity contribution in [1.29, 1.82) is 0 Å². The number of carbonyl (C=O) groups is 1. The van der Waals surface area contributed by atoms with E-state index >= 15 is 0 Å². The second kappa shape index (κ2) is 8.82. The van der Waals surface area contributed by atoms with Gasteiger partial charge in [0, 0.05) is 19.3 Å². The molecular formula is C17H23N5O. The molecule has 0 radical (unpaired) electrons. The van der Waals surface area contributed by atoms with Crippen molar-refractivity contribution in [3.63, 3.8) is 0 Å². The molecule has 0 unspecified atom stereocenters. The van der Waals surface area contributed by atoms with Crippen molar-refractivity contribution in [2.45, 2.75) is 33.2 Å². The molecule has 0 bridgehead atoms. The molecule has 0 aromatic carbocycles. The zero-order valence-corrected chi connectivity index (χ0v) is 13.7. The van der Waals surface area contributed by atoms with Gasteiger partial charge in [-0.3, -0.25) is 9.78 Å². The van der Waals surface area contributed by atoms with E-state index in [1.165, 1.54) is 0 Å². The van der Waals surface area contributed by atoms with Gasteiger partial charge in [0.2, 0.25) is 0 Å². The number of hydrogen-bond acceptors (Lipinski definition) is 5. The molecule has 6 nitrogen and oxygen atoms in total. The number of nitrogens with zero attached hydrogens (tertiary/aromatic N) is 4. The van der Waals surface area contributed by atoms with Gasteiger partial charge in [-0.1, -0.05) is 19.9 Å². The first-order valence-electron chi connectivity index (χ1n) is 8.01. The predicted octanol–water partition coefficient (Wildman–Crippen LogP) is 2.75. The molecular weight excluding hydrogens is 290 g/mol. The summed E-state index contributed by atoms with van der Waals surface area (Å²) in [6.45, 7) is 6.18. The summed E-state index contributed by atoms with van der Waals surface area (Å²) in [5, 5.41) is 11.3. The van der Waals surface area contributed by atoms with Gasteiger partial charge < -0.3 is 10.2 Å². The number of anilines is 1. The molecule has 0 aliphatic rings. The molecule has 2 rings (SSSR count). The van der Waals surface area contributed by atoms with Gasteiger partial charge in [0.25, 0.3) is 5.91 Å². The maximum Gasteiger partial charge on any atom is 0.274 e. The van der Waals surface area contributed by atoms with Crippen molar-refractivity contribution in [3.8, 4) is 0 Å². The van der Waals surface area contributed by atoms with Crippen molar-refractivity contribution in [1.82, 2.24) is 20.1 Å². The molecule has 23 heavy (non-hydrogen) atoms. The fourth-order valence-corrected chi connectivity index (χ4v) is 2.24. The van der Waals surface area contributed by atoms with Crippen molar-refractivity contribution >= 4 is 11.7 Å². The average molecular weight is 313 g/mol. The molecule has 6 heteroatoms. The lowest BCUT2D eigenvalue weighted by atomic mass is 10.3. The normalized spacial score (nSPS) is 10.3. The lowest BCUT2D eigenvalue weighted by Crippen LogP contribution is -2.33. The zero-order chi connectivity index (χ0) is 16.5. The van der Waals surface area contributed by atoms with E-state index in [2.05, 4.69) is 34.3 Å². The highest BCUT2D eigenvalue weighted by Gasteiger charge is 2.16. The SMILES string of the molecule is CCCN(CCC)C(=O)c1ccc(NCc2ccccn2)nn1. The summed E-state index contributed by atoms with van der Waals surface area (Å²) in [6.07, 6.45) is 3.62. The van der Waals surface area contributed by atoms with E-state index in [4.69, 9.17) is 0 Å². The topological polar surface area (TPSA) is 71.0 Å². The molecule has 122 valence electrons. The molecule has 2 heterocycles. The number of aromatic nitrogens is 3. The highest BCUT2D eigenvalue weighted by atomic mass is 16.2. The van der Waals surface area contributed by atoms with Gasteiger partial charge in [0.1, 0.15) is 5.82 Å². The number of carbonyl (C=O) groups excluding carboxylic acids is 1. The van der Waals surface area contributed by atoms with Gasteiger partial charge in [-0.25, -0.2) is 0 Å². The monoisotopic (exact) mass is 313 g/mol. The maximum absolute atomic E-state index is 12.4. The van der Waals surface area contributed by atoms with Crippen LogP contribution in [0.25, 0.3) is 0 Å². The van der Waals surface area contributed by atoms with Crippen LogP contribution in [0.5, 0.6) is 0 Å². The lowest BCUT2D eigenvalue weighted by molar-refractivity contribution is 0.0748. The van der Waals surface area contributed by atoms with Gasteiger partial charge >= 0.3 is 0 Å². The van der Waals surface area contributed by atoms with Crippen LogP contribution in [0.1, 0.15) is 42.9 Å². The van der Waals surface area contributed by atoms with Crippen LogP contribution in [0.15, 0.2) is 36.5 Å². The zero-order valence-electron chi connectivity index (χ0n) is 13.7. The molecule has 2 aromatic heterocycles. The van der Waals surface area contributed by atoms with Crippen molar-refractivity contribution in [2.75, 3.05) is 18.4 Å². The number of amides is 1. The van der Waals surface area contributed by atoms with Gasteiger partial charge in [-0.05, 0) is 37.1 Å². The van der Waals surface area contributed by atoms with Crippen LogP contribution in [-0.4, -0.2) is 39.1 Å². The molecule has 1 amide bonds. The second-order valence-corrected chi connectivity index (χ2v) is 5.27. The first-order chi connectivity index (χ1) is 11.2. The molecule has 0 saturated carbocycles. The van der Waals surface area contributed by atoms with Gasteiger partial charge in [0.05, 0.1) is 12.2 Å². The number of rotatable bonds is 8. The number of hydrogen-bond donors (Lipinski definition) is 1. The maximum atomic E-state index is 12.4. The molecule has 1 N–H and O–H groups in total. The third kappa shape index (κ3) is 5.02. The van der Waals surface area contributed by atoms with Crippen LogP contribution in [0.2, 0.25) is 0 Å². The average Bonchev–Trinajstić information content (AvgIpc) is 2.60. The van der Waals surface area contributed by atoms with Crippen LogP contribution in [0, 0.1) is 0 Å². The summed E-state index contributed by atoms with van der Waals surface area (Å²) in [7, 11) is 0. The molecule has 0 spiro atoms. The summed E-state index contributed by atoms with van der Waals surface area (Å²) in [5.74, 6) is 0.571. The number of nitrogens with one attached hydrogen (secondary N) is 1. The van der Waals surface area contributed by atoms with E-state index in [0.29, 0.717) is 18.1 Å². The lowest BCUT2D eigenvalue weighted by Gasteiger charge is -2.20. The summed E-state index contributed by atoms with van der Waals surface area (Å²) in [5.41, 5.74) is 1.31. The van der Waals surface area contributed by atoms with Crippen LogP contribution in [0.3, 0.4) is 0 Å². The largest absolute Gasteiger partial charge is 0.363 e. The summed E-state index contributed by atoms with van der Waals surface area (Å²) >= 11 is 0. The second-order valence-electron chi connectivity index (χ2n) is 5.27. The summed E-state index contributed by atoms with van der Waals surface area (Å²) in [4.78, 5) is 18.5. The molecule has 0 aliphatic heterocycles. The number of pyridine rings is 1. The molecule has 0 atom stereocenters. The summed E-state index contributed by atoms with van der Waals surface area (Å²) in [6, 6.07) is 9.24. The smallest absolute Gasteiger partial charge is 0.274 e. The van der Waals surface area contributed by atoms with E-state index in [-0.39, 0.29) is 5.91 Å². The first-order valence-corrected chi connectivity index (χ1v) is 8.01. The van der Waals surface area contributed by atoms with Gasteiger partial charge in [-0.15, -0.1) is 10.2 Å². The Balaban J connectivity index is 1.96. The van der Waals surface area contributed by atoms with Crippen molar-refractivity contribution in [3.05, 3.63) is 47.9 Å². The fourth-order valence-electron chi connectivity index (χ4n) is 2.24. The van der Waals surface area contributed by atoms with Crippen molar-refractivity contribution in [2.24, 2.45) is 0 Å². The quantitative estimate of drug-likeness (QED) is 0.811. The third-order valence-corrected chi connectivity index (χ3v) is 3.33. The fraction of sp³-hybridized carbons (Fsp3) is 0.412. The van der Waals surface area contributed by atoms with Crippen LogP contribution >= 0.6 is 0 Å². The summed E-state index contributed by atoms with van der Waals surface area (Å²) < 4.78 is 0. The Bertz CT molecular complexity index is 594. The van der Waals surface area contributed by atoms with Gasteiger partial charge in [0.15, 0.2) is 5.69 Å². The van der Waals surface area contributed by atoms with E-state index in [9.17, 15) is 4.79 Å². The van der Waals surface area contributed by atoms with E-state index in [0.717, 1.165) is 31.6 Å². The Hall–Kier alpha value is -2.50. The van der Waals surface area contributed by atoms with Crippen molar-refractivity contribution < 1.29 is 4.79 Å². The first kappa shape index (κ1) is 16.9. The van der Waals surface area contributed by atoms with Crippen LogP contribution < -0.4 is 5.32 Å². The Labute approximate surface area is 137 Å². The minimum Gasteiger partial charge on any atom is -0.363 e. The Morgan fingerprint density at radius 2 is 1.87 bits per heavy atom. The minimum atomic E-state index is -0.0579. The van der Waals surface area contributed by atoms with E-state index in [1.807, 2.05) is 23.1 Å². The van der Waals surface area contributed by atoms with Gasteiger partial charge in [-0.2, -0.15) is 0 Å². The van der Waals surface area contributed by atoms with E-state index < -0.39 is 0 Å². The Kier molecular flexibility index (Phi) is 6.47. The minimum absolute atomic E-state index is 0.0579. The van der Waals surface area contributed by atoms with E-state index in [1.54, 1.807) is 18.3 Å². The highest BCUT2D eigenvalue weighted by Crippen LogP contribution is 2.07.